The highest BCUT2D eigenvalue weighted by atomic mass is 79.9. The fourth-order valence-electron chi connectivity index (χ4n) is 1.75. The lowest BCUT2D eigenvalue weighted by Gasteiger charge is -2.08. The highest BCUT2D eigenvalue weighted by Gasteiger charge is 2.26. The summed E-state index contributed by atoms with van der Waals surface area (Å²) in [6.07, 6.45) is 0. The molecule has 0 unspecified atom stereocenters. The van der Waals surface area contributed by atoms with E-state index < -0.39 is 40.2 Å². The summed E-state index contributed by atoms with van der Waals surface area (Å²) in [5.41, 5.74) is -1.95. The van der Waals surface area contributed by atoms with Crippen LogP contribution < -0.4 is 0 Å². The number of aryl methyl sites for hydroxylation is 1. The van der Waals surface area contributed by atoms with E-state index >= 15 is 0 Å². The molecule has 0 aliphatic heterocycles. The maximum absolute atomic E-state index is 13.8. The van der Waals surface area contributed by atoms with E-state index in [1.165, 1.54) is 6.92 Å². The van der Waals surface area contributed by atoms with E-state index in [2.05, 4.69) is 15.9 Å². The molecule has 6 heteroatoms. The molecule has 20 heavy (non-hydrogen) atoms. The van der Waals surface area contributed by atoms with Crippen molar-refractivity contribution in [2.24, 2.45) is 0 Å². The number of ketones is 1. The average Bonchev–Trinajstić information content (AvgIpc) is 2.33. The number of carbonyl (C=O) groups excluding carboxylic acids is 1. The minimum Gasteiger partial charge on any atom is -0.288 e. The third kappa shape index (κ3) is 2.47. The van der Waals surface area contributed by atoms with Crippen molar-refractivity contribution >= 4 is 21.7 Å². The van der Waals surface area contributed by atoms with E-state index in [4.69, 9.17) is 0 Å². The van der Waals surface area contributed by atoms with Crippen molar-refractivity contribution in [2.75, 3.05) is 0 Å². The highest BCUT2D eigenvalue weighted by molar-refractivity contribution is 9.10. The molecule has 0 amide bonds. The van der Waals surface area contributed by atoms with Gasteiger partial charge in [-0.25, -0.2) is 17.6 Å². The summed E-state index contributed by atoms with van der Waals surface area (Å²) in [5.74, 6) is -6.05. The van der Waals surface area contributed by atoms with Gasteiger partial charge in [-0.2, -0.15) is 0 Å². The summed E-state index contributed by atoms with van der Waals surface area (Å²) in [7, 11) is 0. The second-order valence-corrected chi connectivity index (χ2v) is 5.04. The Labute approximate surface area is 120 Å². The Balaban J connectivity index is 2.67. The molecule has 2 rings (SSSR count). The second kappa shape index (κ2) is 5.36. The normalized spacial score (nSPS) is 10.7. The Hall–Kier alpha value is -1.69. The highest BCUT2D eigenvalue weighted by Crippen LogP contribution is 2.25. The third-order valence-electron chi connectivity index (χ3n) is 2.75. The first-order valence-corrected chi connectivity index (χ1v) is 6.26. The average molecular weight is 347 g/mol. The van der Waals surface area contributed by atoms with Crippen LogP contribution >= 0.6 is 15.9 Å². The molecule has 0 atom stereocenters. The van der Waals surface area contributed by atoms with Crippen molar-refractivity contribution in [2.45, 2.75) is 6.92 Å². The molecule has 0 heterocycles. The molecular formula is C14H7BrF4O. The van der Waals surface area contributed by atoms with Crippen LogP contribution in [-0.4, -0.2) is 5.78 Å². The van der Waals surface area contributed by atoms with Gasteiger partial charge in [0.15, 0.2) is 0 Å². The predicted octanol–water partition coefficient (Wildman–Crippen LogP) is 4.54. The molecule has 2 aromatic carbocycles. The number of benzene rings is 2. The molecule has 0 aliphatic carbocycles. The lowest BCUT2D eigenvalue weighted by atomic mass is 9.99. The van der Waals surface area contributed by atoms with Crippen molar-refractivity contribution in [3.05, 3.63) is 68.7 Å². The number of halogens is 5. The van der Waals surface area contributed by atoms with Gasteiger partial charge < -0.3 is 0 Å². The molecule has 0 aliphatic rings. The Morgan fingerprint density at radius 3 is 2.05 bits per heavy atom. The van der Waals surface area contributed by atoms with Gasteiger partial charge in [0, 0.05) is 4.47 Å². The lowest BCUT2D eigenvalue weighted by molar-refractivity contribution is 0.102. The number of hydrogen-bond donors (Lipinski definition) is 0. The quantitative estimate of drug-likeness (QED) is 0.576. The van der Waals surface area contributed by atoms with E-state index in [9.17, 15) is 22.4 Å². The molecule has 1 nitrogen and oxygen atoms in total. The number of hydrogen-bond acceptors (Lipinski definition) is 1. The van der Waals surface area contributed by atoms with Crippen LogP contribution in [0.1, 0.15) is 21.5 Å². The van der Waals surface area contributed by atoms with Crippen LogP contribution in [0.25, 0.3) is 0 Å². The van der Waals surface area contributed by atoms with Crippen LogP contribution in [0.4, 0.5) is 17.6 Å². The van der Waals surface area contributed by atoms with Crippen molar-refractivity contribution < 1.29 is 22.4 Å². The zero-order valence-corrected chi connectivity index (χ0v) is 11.7. The molecule has 0 radical (unpaired) electrons. The molecule has 0 saturated heterocycles. The third-order valence-corrected chi connectivity index (χ3v) is 3.20. The van der Waals surface area contributed by atoms with Crippen LogP contribution in [0.2, 0.25) is 0 Å². The lowest BCUT2D eigenvalue weighted by Crippen LogP contribution is -2.12. The monoisotopic (exact) mass is 346 g/mol. The van der Waals surface area contributed by atoms with Gasteiger partial charge in [-0.3, -0.25) is 4.79 Å². The molecule has 104 valence electrons. The van der Waals surface area contributed by atoms with Crippen LogP contribution in [-0.2, 0) is 0 Å². The molecule has 0 bridgehead atoms. The minimum absolute atomic E-state index is 0.00711. The van der Waals surface area contributed by atoms with Gasteiger partial charge in [-0.1, -0.05) is 22.0 Å². The van der Waals surface area contributed by atoms with Crippen molar-refractivity contribution in [3.8, 4) is 0 Å². The smallest absolute Gasteiger partial charge is 0.204 e. The van der Waals surface area contributed by atoms with Crippen LogP contribution in [0.3, 0.4) is 0 Å². The van der Waals surface area contributed by atoms with E-state index in [0.29, 0.717) is 0 Å². The van der Waals surface area contributed by atoms with E-state index in [-0.39, 0.29) is 10.0 Å². The Morgan fingerprint density at radius 1 is 0.950 bits per heavy atom. The molecule has 0 saturated carbocycles. The topological polar surface area (TPSA) is 17.1 Å². The molecule has 0 aromatic heterocycles. The van der Waals surface area contributed by atoms with Crippen molar-refractivity contribution in [1.82, 2.24) is 0 Å². The Bertz CT molecular complexity index is 690. The predicted molar refractivity (Wildman–Crippen MR) is 68.6 cm³/mol. The molecule has 0 spiro atoms. The summed E-state index contributed by atoms with van der Waals surface area (Å²) in [4.78, 5) is 12.0. The van der Waals surface area contributed by atoms with Gasteiger partial charge in [0.2, 0.25) is 5.78 Å². The molecular weight excluding hydrogens is 340 g/mol. The first kappa shape index (κ1) is 14.7. The largest absolute Gasteiger partial charge is 0.288 e. The van der Waals surface area contributed by atoms with Crippen LogP contribution in [0, 0.1) is 30.2 Å². The summed E-state index contributed by atoms with van der Waals surface area (Å²) in [6.45, 7) is 1.32. The molecule has 0 fully saturated rings. The number of rotatable bonds is 2. The fourth-order valence-corrected chi connectivity index (χ4v) is 2.15. The fraction of sp³-hybridized carbons (Fsp3) is 0.0714. The molecule has 2 aromatic rings. The number of carbonyl (C=O) groups is 1. The standard InChI is InChI=1S/C14H7BrF4O/c1-6-2-3-8(16)12(13(6)19)14(20)11-9(17)4-7(15)5-10(11)18/h2-5H,1H3. The van der Waals surface area contributed by atoms with Gasteiger partial charge in [0.25, 0.3) is 0 Å². The minimum atomic E-state index is -1.37. The Kier molecular flexibility index (Phi) is 3.94. The summed E-state index contributed by atoms with van der Waals surface area (Å²) in [6, 6.07) is 3.71. The van der Waals surface area contributed by atoms with Crippen molar-refractivity contribution in [3.63, 3.8) is 0 Å². The summed E-state index contributed by atoms with van der Waals surface area (Å²) in [5, 5.41) is 0. The first-order chi connectivity index (χ1) is 9.32. The SMILES string of the molecule is Cc1ccc(F)c(C(=O)c2c(F)cc(Br)cc2F)c1F. The zero-order valence-electron chi connectivity index (χ0n) is 10.1. The summed E-state index contributed by atoms with van der Waals surface area (Å²) < 4.78 is 54.8. The first-order valence-electron chi connectivity index (χ1n) is 5.46. The van der Waals surface area contributed by atoms with Gasteiger partial charge in [0.1, 0.15) is 23.3 Å². The van der Waals surface area contributed by atoms with Crippen molar-refractivity contribution in [1.29, 1.82) is 0 Å². The van der Waals surface area contributed by atoms with Gasteiger partial charge in [0.05, 0.1) is 11.1 Å². The van der Waals surface area contributed by atoms with E-state index in [1.807, 2.05) is 0 Å². The van der Waals surface area contributed by atoms with Gasteiger partial charge in [-0.05, 0) is 30.7 Å². The van der Waals surface area contributed by atoms with Crippen LogP contribution in [0.15, 0.2) is 28.7 Å². The zero-order chi connectivity index (χ0) is 15.0. The summed E-state index contributed by atoms with van der Waals surface area (Å²) >= 11 is 2.85. The van der Waals surface area contributed by atoms with E-state index in [0.717, 1.165) is 24.3 Å². The van der Waals surface area contributed by atoms with E-state index in [1.54, 1.807) is 0 Å². The maximum atomic E-state index is 13.8. The Morgan fingerprint density at radius 2 is 1.50 bits per heavy atom. The second-order valence-electron chi connectivity index (χ2n) is 4.13. The maximum Gasteiger partial charge on any atom is 0.204 e. The van der Waals surface area contributed by atoms with Gasteiger partial charge in [-0.15, -0.1) is 0 Å². The molecule has 0 N–H and O–H groups in total. The van der Waals surface area contributed by atoms with Gasteiger partial charge >= 0.3 is 0 Å². The van der Waals surface area contributed by atoms with Crippen LogP contribution in [0.5, 0.6) is 0 Å².